The van der Waals surface area contributed by atoms with Gasteiger partial charge in [0.25, 0.3) is 0 Å². The molecule has 18 heavy (non-hydrogen) atoms. The normalized spacial score (nSPS) is 10.6. The van der Waals surface area contributed by atoms with Crippen LogP contribution in [0.4, 0.5) is 5.69 Å². The molecule has 0 saturated heterocycles. The quantitative estimate of drug-likeness (QED) is 0.442. The summed E-state index contributed by atoms with van der Waals surface area (Å²) >= 11 is 0. The van der Waals surface area contributed by atoms with Crippen LogP contribution in [-0.4, -0.2) is 21.5 Å². The van der Waals surface area contributed by atoms with E-state index in [0.717, 1.165) is 25.9 Å². The number of hydrogen-bond donors (Lipinski definition) is 4. The minimum absolute atomic E-state index is 0.0756. The third kappa shape index (κ3) is 8.02. The van der Waals surface area contributed by atoms with Crippen LogP contribution in [0, 0.1) is 0 Å². The van der Waals surface area contributed by atoms with Gasteiger partial charge in [0.05, 0.1) is 4.90 Å². The van der Waals surface area contributed by atoms with Gasteiger partial charge in [-0.1, -0.05) is 6.42 Å². The summed E-state index contributed by atoms with van der Waals surface area (Å²) in [6, 6.07) is 5.70. The molecule has 0 aliphatic carbocycles. The van der Waals surface area contributed by atoms with Crippen LogP contribution in [0.15, 0.2) is 29.2 Å². The van der Waals surface area contributed by atoms with E-state index in [9.17, 15) is 8.42 Å². The molecule has 104 valence electrons. The van der Waals surface area contributed by atoms with Crippen LogP contribution < -0.4 is 22.3 Å². The molecule has 0 saturated carbocycles. The molecule has 7 heteroatoms. The summed E-state index contributed by atoms with van der Waals surface area (Å²) in [5.74, 6) is 0. The second kappa shape index (κ2) is 8.87. The number of benzene rings is 1. The van der Waals surface area contributed by atoms with Crippen LogP contribution in [0.1, 0.15) is 19.3 Å². The molecular formula is C11H22N4O2S. The first-order valence-corrected chi connectivity index (χ1v) is 7.25. The smallest absolute Gasteiger partial charge is 0.238 e. The van der Waals surface area contributed by atoms with E-state index in [-0.39, 0.29) is 4.90 Å². The summed E-state index contributed by atoms with van der Waals surface area (Å²) < 4.78 is 21.4. The monoisotopic (exact) mass is 274 g/mol. The van der Waals surface area contributed by atoms with Crippen molar-refractivity contribution in [3.63, 3.8) is 0 Å². The summed E-state index contributed by atoms with van der Waals surface area (Å²) in [6.45, 7) is 1.61. The molecule has 1 aromatic rings. The van der Waals surface area contributed by atoms with Gasteiger partial charge in [-0.25, -0.2) is 13.6 Å². The van der Waals surface area contributed by atoms with Gasteiger partial charge in [-0.05, 0) is 50.2 Å². The van der Waals surface area contributed by atoms with Crippen molar-refractivity contribution in [3.05, 3.63) is 24.3 Å². The molecule has 1 rings (SSSR count). The number of nitrogen functional groups attached to an aromatic ring is 1. The molecule has 0 atom stereocenters. The van der Waals surface area contributed by atoms with Crippen LogP contribution in [-0.2, 0) is 10.0 Å². The third-order valence-corrected chi connectivity index (χ3v) is 3.05. The largest absolute Gasteiger partial charge is 0.399 e. The minimum Gasteiger partial charge on any atom is -0.399 e. The van der Waals surface area contributed by atoms with E-state index in [0.29, 0.717) is 5.69 Å². The van der Waals surface area contributed by atoms with Gasteiger partial charge in [0, 0.05) is 5.69 Å². The Kier molecular flexibility index (Phi) is 8.30. The lowest BCUT2D eigenvalue weighted by atomic mass is 10.2. The summed E-state index contributed by atoms with van der Waals surface area (Å²) in [7, 11) is -3.58. The Hall–Kier alpha value is -1.15. The van der Waals surface area contributed by atoms with Gasteiger partial charge in [-0.15, -0.1) is 0 Å². The van der Waals surface area contributed by atoms with E-state index in [2.05, 4.69) is 0 Å². The molecular weight excluding hydrogens is 252 g/mol. The molecule has 0 aromatic heterocycles. The van der Waals surface area contributed by atoms with Gasteiger partial charge in [-0.2, -0.15) is 0 Å². The molecule has 0 radical (unpaired) electrons. The fraction of sp³-hybridized carbons (Fsp3) is 0.455. The summed E-state index contributed by atoms with van der Waals surface area (Å²) in [6.07, 6.45) is 3.43. The second-order valence-electron chi connectivity index (χ2n) is 3.75. The fourth-order valence-electron chi connectivity index (χ4n) is 1.12. The van der Waals surface area contributed by atoms with E-state index in [1.165, 1.54) is 30.7 Å². The maximum Gasteiger partial charge on any atom is 0.238 e. The zero-order valence-corrected chi connectivity index (χ0v) is 11.2. The van der Waals surface area contributed by atoms with E-state index < -0.39 is 10.0 Å². The third-order valence-electron chi connectivity index (χ3n) is 2.12. The molecule has 0 fully saturated rings. The Morgan fingerprint density at radius 2 is 1.33 bits per heavy atom. The van der Waals surface area contributed by atoms with E-state index >= 15 is 0 Å². The topological polar surface area (TPSA) is 138 Å². The summed E-state index contributed by atoms with van der Waals surface area (Å²) in [5, 5.41) is 4.84. The van der Waals surface area contributed by atoms with Gasteiger partial charge in [0.1, 0.15) is 0 Å². The van der Waals surface area contributed by atoms with Crippen molar-refractivity contribution in [1.82, 2.24) is 0 Å². The highest BCUT2D eigenvalue weighted by Crippen LogP contribution is 2.08. The Morgan fingerprint density at radius 1 is 0.889 bits per heavy atom. The Bertz CT molecular complexity index is 413. The van der Waals surface area contributed by atoms with Crippen LogP contribution in [0.25, 0.3) is 0 Å². The standard InChI is InChI=1S/C6H8N2O2S.C5H14N2/c7-5-1-3-6(4-2-5)11(8,9)10;6-4-2-1-3-5-7/h1-4H,7H2,(H2,8,9,10);1-7H2. The maximum atomic E-state index is 10.7. The Morgan fingerprint density at radius 3 is 1.67 bits per heavy atom. The zero-order chi connectivity index (χ0) is 14.0. The average Bonchev–Trinajstić information content (AvgIpc) is 2.30. The molecule has 0 aliphatic rings. The molecule has 8 N–H and O–H groups in total. The van der Waals surface area contributed by atoms with Crippen LogP contribution >= 0.6 is 0 Å². The predicted molar refractivity (Wildman–Crippen MR) is 74.2 cm³/mol. The molecule has 0 aliphatic heterocycles. The van der Waals surface area contributed by atoms with Crippen LogP contribution in [0.5, 0.6) is 0 Å². The molecule has 0 bridgehead atoms. The average molecular weight is 274 g/mol. The van der Waals surface area contributed by atoms with Crippen molar-refractivity contribution in [2.45, 2.75) is 24.2 Å². The first-order valence-electron chi connectivity index (χ1n) is 5.70. The van der Waals surface area contributed by atoms with Gasteiger partial charge in [-0.3, -0.25) is 0 Å². The molecule has 6 nitrogen and oxygen atoms in total. The Labute approximate surface area is 108 Å². The summed E-state index contributed by atoms with van der Waals surface area (Å²) in [5.41, 5.74) is 16.3. The number of rotatable bonds is 5. The number of hydrogen-bond acceptors (Lipinski definition) is 5. The molecule has 0 heterocycles. The number of sulfonamides is 1. The fourth-order valence-corrected chi connectivity index (χ4v) is 1.64. The van der Waals surface area contributed by atoms with Crippen LogP contribution in [0.2, 0.25) is 0 Å². The van der Waals surface area contributed by atoms with Crippen molar-refractivity contribution in [1.29, 1.82) is 0 Å². The van der Waals surface area contributed by atoms with E-state index in [1.54, 1.807) is 0 Å². The first-order chi connectivity index (χ1) is 8.41. The van der Waals surface area contributed by atoms with Crippen molar-refractivity contribution in [3.8, 4) is 0 Å². The molecule has 0 amide bonds. The van der Waals surface area contributed by atoms with Gasteiger partial charge in [0.2, 0.25) is 10.0 Å². The van der Waals surface area contributed by atoms with E-state index in [1.807, 2.05) is 0 Å². The number of primary sulfonamides is 1. The van der Waals surface area contributed by atoms with Gasteiger partial charge < -0.3 is 17.2 Å². The lowest BCUT2D eigenvalue weighted by Gasteiger charge is -1.96. The predicted octanol–water partition coefficient (Wildman–Crippen LogP) is -0.00970. The minimum atomic E-state index is -3.58. The molecule has 0 unspecified atom stereocenters. The lowest BCUT2D eigenvalue weighted by Crippen LogP contribution is -2.11. The van der Waals surface area contributed by atoms with Crippen molar-refractivity contribution >= 4 is 15.7 Å². The highest BCUT2D eigenvalue weighted by atomic mass is 32.2. The van der Waals surface area contributed by atoms with Crippen molar-refractivity contribution in [2.24, 2.45) is 16.6 Å². The van der Waals surface area contributed by atoms with Gasteiger partial charge >= 0.3 is 0 Å². The number of nitrogens with two attached hydrogens (primary N) is 4. The van der Waals surface area contributed by atoms with Gasteiger partial charge in [0.15, 0.2) is 0 Å². The number of unbranched alkanes of at least 4 members (excludes halogenated alkanes) is 2. The first kappa shape index (κ1) is 16.9. The highest BCUT2D eigenvalue weighted by molar-refractivity contribution is 7.89. The molecule has 0 spiro atoms. The lowest BCUT2D eigenvalue weighted by molar-refractivity contribution is 0.598. The zero-order valence-electron chi connectivity index (χ0n) is 10.4. The van der Waals surface area contributed by atoms with Crippen LogP contribution in [0.3, 0.4) is 0 Å². The van der Waals surface area contributed by atoms with E-state index in [4.69, 9.17) is 22.3 Å². The highest BCUT2D eigenvalue weighted by Gasteiger charge is 2.04. The summed E-state index contributed by atoms with van der Waals surface area (Å²) in [4.78, 5) is 0.0756. The van der Waals surface area contributed by atoms with Crippen molar-refractivity contribution < 1.29 is 8.42 Å². The Balaban J connectivity index is 0.000000360. The maximum absolute atomic E-state index is 10.7. The number of anilines is 1. The SMILES string of the molecule is NCCCCCN.Nc1ccc(S(N)(=O)=O)cc1. The van der Waals surface area contributed by atoms with Crippen molar-refractivity contribution in [2.75, 3.05) is 18.8 Å². The second-order valence-corrected chi connectivity index (χ2v) is 5.31. The molecule has 1 aromatic carbocycles.